The molecule has 3 saturated carbocycles. The first kappa shape index (κ1) is 23.6. The number of hydrogen-bond acceptors (Lipinski definition) is 3. The van der Waals surface area contributed by atoms with Crippen LogP contribution in [0.25, 0.3) is 0 Å². The molecule has 30 heavy (non-hydrogen) atoms. The van der Waals surface area contributed by atoms with E-state index in [0.29, 0.717) is 0 Å². The number of aliphatic hydroxyl groups excluding tert-OH is 1. The Hall–Kier alpha value is -1.10. The van der Waals surface area contributed by atoms with Crippen molar-refractivity contribution in [1.29, 1.82) is 0 Å². The molecule has 3 N–H and O–H groups in total. The zero-order chi connectivity index (χ0) is 22.1. The van der Waals surface area contributed by atoms with E-state index in [9.17, 15) is 14.7 Å². The Labute approximate surface area is 183 Å². The molecule has 5 nitrogen and oxygen atoms in total. The first-order valence-electron chi connectivity index (χ1n) is 12.4. The van der Waals surface area contributed by atoms with Gasteiger partial charge in [-0.2, -0.15) is 0 Å². The fourth-order valence-corrected chi connectivity index (χ4v) is 6.77. The van der Waals surface area contributed by atoms with Gasteiger partial charge in [0.1, 0.15) is 0 Å². The van der Waals surface area contributed by atoms with Gasteiger partial charge in [0.25, 0.3) is 0 Å². The molecule has 3 aliphatic carbocycles. The van der Waals surface area contributed by atoms with Crippen LogP contribution in [-0.4, -0.2) is 35.1 Å². The summed E-state index contributed by atoms with van der Waals surface area (Å²) in [5, 5.41) is 17.9. The third-order valence-electron chi connectivity index (χ3n) is 8.68. The zero-order valence-electron chi connectivity index (χ0n) is 19.7. The van der Waals surface area contributed by atoms with Crippen LogP contribution >= 0.6 is 0 Å². The van der Waals surface area contributed by atoms with E-state index in [4.69, 9.17) is 0 Å². The highest BCUT2D eigenvalue weighted by Gasteiger charge is 2.54. The Balaban J connectivity index is 1.69. The molecule has 3 fully saturated rings. The van der Waals surface area contributed by atoms with E-state index in [0.717, 1.165) is 51.4 Å². The van der Waals surface area contributed by atoms with E-state index < -0.39 is 6.10 Å². The molecule has 0 spiro atoms. The third-order valence-corrected chi connectivity index (χ3v) is 8.68. The minimum atomic E-state index is -0.499. The quantitative estimate of drug-likeness (QED) is 0.628. The third kappa shape index (κ3) is 4.87. The van der Waals surface area contributed by atoms with Gasteiger partial charge in [-0.25, -0.2) is 0 Å². The van der Waals surface area contributed by atoms with Crippen molar-refractivity contribution >= 4 is 11.8 Å². The predicted molar refractivity (Wildman–Crippen MR) is 120 cm³/mol. The lowest BCUT2D eigenvalue weighted by Gasteiger charge is -2.56. The van der Waals surface area contributed by atoms with Crippen LogP contribution in [0.2, 0.25) is 0 Å². The number of aliphatic hydroxyl groups is 1. The molecule has 0 aromatic carbocycles. The van der Waals surface area contributed by atoms with Crippen LogP contribution in [0.15, 0.2) is 0 Å². The fraction of sp³-hybridized carbons (Fsp3) is 0.920. The largest absolute Gasteiger partial charge is 0.392 e. The molecule has 2 amide bonds. The summed E-state index contributed by atoms with van der Waals surface area (Å²) in [6.07, 6.45) is 9.08. The normalized spacial score (nSPS) is 38.6. The van der Waals surface area contributed by atoms with Gasteiger partial charge in [-0.1, -0.05) is 40.0 Å². The second-order valence-electron chi connectivity index (χ2n) is 11.2. The summed E-state index contributed by atoms with van der Waals surface area (Å²) in [6.45, 7) is 10.4. The van der Waals surface area contributed by atoms with Crippen molar-refractivity contribution in [2.24, 2.45) is 35.0 Å². The van der Waals surface area contributed by atoms with Crippen molar-refractivity contribution in [1.82, 2.24) is 10.6 Å². The van der Waals surface area contributed by atoms with Gasteiger partial charge < -0.3 is 15.7 Å². The summed E-state index contributed by atoms with van der Waals surface area (Å²) < 4.78 is 0. The van der Waals surface area contributed by atoms with Crippen molar-refractivity contribution in [2.45, 2.75) is 111 Å². The Morgan fingerprint density at radius 3 is 2.27 bits per heavy atom. The zero-order valence-corrected chi connectivity index (χ0v) is 19.7. The lowest BCUT2D eigenvalue weighted by Crippen LogP contribution is -2.59. The minimum absolute atomic E-state index is 0.0166. The average Bonchev–Trinajstić information content (AvgIpc) is 2.70. The first-order chi connectivity index (χ1) is 14.1. The topological polar surface area (TPSA) is 78.4 Å². The van der Waals surface area contributed by atoms with Gasteiger partial charge in [-0.3, -0.25) is 9.59 Å². The number of nitrogens with one attached hydrogen (secondary N) is 2. The van der Waals surface area contributed by atoms with E-state index in [1.54, 1.807) is 0 Å². The fourth-order valence-electron chi connectivity index (χ4n) is 6.77. The molecule has 3 rings (SSSR count). The maximum Gasteiger partial charge on any atom is 0.223 e. The summed E-state index contributed by atoms with van der Waals surface area (Å²) in [5.74, 6) is 0.562. The number of rotatable bonds is 5. The summed E-state index contributed by atoms with van der Waals surface area (Å²) in [7, 11) is 0. The number of fused-ring (bicyclic) bond motifs is 1. The second-order valence-corrected chi connectivity index (χ2v) is 11.2. The van der Waals surface area contributed by atoms with Gasteiger partial charge in [-0.15, -0.1) is 0 Å². The van der Waals surface area contributed by atoms with Crippen LogP contribution < -0.4 is 10.6 Å². The average molecular weight is 421 g/mol. The standard InChI is InChI=1S/C25H44N2O3/c1-15(2)26-23(29)16(3)19-11-13-25(5)14-12-20(17(4)21(25)22(19)28)27-24(30)18-9-7-6-8-10-18/h15-22,28H,6-14H2,1-5H3,(H,26,29)(H,27,30)/t16-,17+,19?,20-,21+,22-,25-/m0/s1. The van der Waals surface area contributed by atoms with Gasteiger partial charge in [0, 0.05) is 23.9 Å². The van der Waals surface area contributed by atoms with Gasteiger partial charge in [0.15, 0.2) is 0 Å². The van der Waals surface area contributed by atoms with Crippen LogP contribution in [0.3, 0.4) is 0 Å². The van der Waals surface area contributed by atoms with Crippen LogP contribution in [0.5, 0.6) is 0 Å². The van der Waals surface area contributed by atoms with E-state index >= 15 is 0 Å². The van der Waals surface area contributed by atoms with Crippen molar-refractivity contribution in [3.05, 3.63) is 0 Å². The number of carbonyl (C=O) groups is 2. The summed E-state index contributed by atoms with van der Waals surface area (Å²) in [6, 6.07) is 0.240. The lowest BCUT2D eigenvalue weighted by molar-refractivity contribution is -0.144. The predicted octanol–water partition coefficient (Wildman–Crippen LogP) is 4.04. The summed E-state index contributed by atoms with van der Waals surface area (Å²) in [5.41, 5.74) is 0.0929. The summed E-state index contributed by atoms with van der Waals surface area (Å²) in [4.78, 5) is 25.5. The Morgan fingerprint density at radius 2 is 1.63 bits per heavy atom. The molecular weight excluding hydrogens is 376 g/mol. The molecule has 172 valence electrons. The summed E-state index contributed by atoms with van der Waals surface area (Å²) >= 11 is 0. The molecular formula is C25H44N2O3. The van der Waals surface area contributed by atoms with Gasteiger partial charge in [0.2, 0.25) is 11.8 Å². The first-order valence-corrected chi connectivity index (χ1v) is 12.4. The molecule has 0 bridgehead atoms. The van der Waals surface area contributed by atoms with Crippen LogP contribution in [-0.2, 0) is 9.59 Å². The maximum atomic E-state index is 12.9. The van der Waals surface area contributed by atoms with E-state index in [1.807, 2.05) is 20.8 Å². The number of hydrogen-bond donors (Lipinski definition) is 3. The number of amides is 2. The molecule has 7 atom stereocenters. The molecule has 0 aromatic heterocycles. The Kier molecular flexibility index (Phi) is 7.53. The minimum Gasteiger partial charge on any atom is -0.392 e. The highest BCUT2D eigenvalue weighted by Crippen LogP contribution is 2.55. The van der Waals surface area contributed by atoms with Crippen LogP contribution in [0, 0.1) is 35.0 Å². The van der Waals surface area contributed by atoms with Crippen LogP contribution in [0.4, 0.5) is 0 Å². The molecule has 0 aromatic rings. The maximum absolute atomic E-state index is 12.9. The molecule has 1 unspecified atom stereocenters. The molecule has 5 heteroatoms. The monoisotopic (exact) mass is 420 g/mol. The lowest BCUT2D eigenvalue weighted by atomic mass is 9.51. The van der Waals surface area contributed by atoms with Crippen molar-refractivity contribution in [3.63, 3.8) is 0 Å². The van der Waals surface area contributed by atoms with E-state index in [1.165, 1.54) is 6.42 Å². The van der Waals surface area contributed by atoms with Gasteiger partial charge in [0.05, 0.1) is 6.10 Å². The number of carbonyl (C=O) groups excluding carboxylic acids is 2. The molecule has 0 radical (unpaired) electrons. The molecule has 0 aliphatic heterocycles. The van der Waals surface area contributed by atoms with Gasteiger partial charge >= 0.3 is 0 Å². The Morgan fingerprint density at radius 1 is 1.00 bits per heavy atom. The highest BCUT2D eigenvalue weighted by atomic mass is 16.3. The van der Waals surface area contributed by atoms with E-state index in [-0.39, 0.29) is 58.9 Å². The van der Waals surface area contributed by atoms with Crippen molar-refractivity contribution in [3.8, 4) is 0 Å². The smallest absolute Gasteiger partial charge is 0.223 e. The SMILES string of the molecule is CC(C)NC(=O)[C@@H](C)C1CC[C@@]2(C)CC[C@H](NC(=O)C3CCCCC3)[C@@H](C)[C@@H]2[C@H]1O. The highest BCUT2D eigenvalue weighted by molar-refractivity contribution is 5.79. The van der Waals surface area contributed by atoms with E-state index in [2.05, 4.69) is 24.5 Å². The van der Waals surface area contributed by atoms with Gasteiger partial charge in [-0.05, 0) is 75.5 Å². The van der Waals surface area contributed by atoms with Crippen molar-refractivity contribution < 1.29 is 14.7 Å². The molecule has 3 aliphatic rings. The molecule has 0 saturated heterocycles. The van der Waals surface area contributed by atoms with Crippen molar-refractivity contribution in [2.75, 3.05) is 0 Å². The Bertz CT molecular complexity index is 616. The molecule has 0 heterocycles. The second kappa shape index (κ2) is 9.58. The van der Waals surface area contributed by atoms with Crippen LogP contribution in [0.1, 0.15) is 92.4 Å².